The van der Waals surface area contributed by atoms with Crippen LogP contribution in [0.25, 0.3) is 44.7 Å². The summed E-state index contributed by atoms with van der Waals surface area (Å²) < 4.78 is 0. The van der Waals surface area contributed by atoms with Gasteiger partial charge in [0.25, 0.3) is 0 Å². The largest absolute Gasteiger partial charge is 0.228 e. The summed E-state index contributed by atoms with van der Waals surface area (Å²) in [5.41, 5.74) is 4.76. The molecule has 0 saturated carbocycles. The minimum absolute atomic E-state index is 0.689. The van der Waals surface area contributed by atoms with E-state index in [0.29, 0.717) is 10.8 Å². The van der Waals surface area contributed by atoms with Crippen LogP contribution in [-0.4, -0.2) is 9.97 Å². The van der Waals surface area contributed by atoms with Crippen LogP contribution in [-0.2, 0) is 0 Å². The van der Waals surface area contributed by atoms with Gasteiger partial charge in [-0.15, -0.1) is 0 Å². The number of hydrogen-bond acceptors (Lipinski definition) is 2. The smallest absolute Gasteiger partial charge is 0.160 e. The SMILES string of the molecule is Clc1cccc(-c2cc(-c3ccccc3)nc(-c3ccc4ccccc4c3)n2)c1. The van der Waals surface area contributed by atoms with Gasteiger partial charge in [-0.2, -0.15) is 0 Å². The van der Waals surface area contributed by atoms with E-state index in [9.17, 15) is 0 Å². The van der Waals surface area contributed by atoms with Crippen molar-refractivity contribution in [1.82, 2.24) is 9.97 Å². The molecular formula is C26H17ClN2. The highest BCUT2D eigenvalue weighted by Gasteiger charge is 2.11. The lowest BCUT2D eigenvalue weighted by molar-refractivity contribution is 1.18. The van der Waals surface area contributed by atoms with Gasteiger partial charge in [0.15, 0.2) is 5.82 Å². The van der Waals surface area contributed by atoms with Gasteiger partial charge in [0, 0.05) is 21.7 Å². The zero-order valence-corrected chi connectivity index (χ0v) is 16.3. The van der Waals surface area contributed by atoms with E-state index in [0.717, 1.165) is 28.1 Å². The molecule has 0 atom stereocenters. The Kier molecular flexibility index (Phi) is 4.55. The van der Waals surface area contributed by atoms with E-state index >= 15 is 0 Å². The first-order valence-corrected chi connectivity index (χ1v) is 9.84. The van der Waals surface area contributed by atoms with Gasteiger partial charge < -0.3 is 0 Å². The van der Waals surface area contributed by atoms with E-state index in [1.54, 1.807) is 0 Å². The monoisotopic (exact) mass is 392 g/mol. The fourth-order valence-corrected chi connectivity index (χ4v) is 3.65. The lowest BCUT2D eigenvalue weighted by Gasteiger charge is -2.10. The van der Waals surface area contributed by atoms with Crippen molar-refractivity contribution in [3.63, 3.8) is 0 Å². The Labute approximate surface area is 174 Å². The van der Waals surface area contributed by atoms with E-state index in [-0.39, 0.29) is 0 Å². The molecule has 0 N–H and O–H groups in total. The normalized spacial score (nSPS) is 10.9. The standard InChI is InChI=1S/C26H17ClN2/c27-23-12-6-11-21(16-23)25-17-24(19-8-2-1-3-9-19)28-26(29-25)22-14-13-18-7-4-5-10-20(18)15-22/h1-17H. The summed E-state index contributed by atoms with van der Waals surface area (Å²) in [6, 6.07) is 34.6. The third-order valence-corrected chi connectivity index (χ3v) is 5.16. The van der Waals surface area contributed by atoms with Crippen LogP contribution in [0.5, 0.6) is 0 Å². The fraction of sp³-hybridized carbons (Fsp3) is 0. The molecular weight excluding hydrogens is 376 g/mol. The molecule has 0 aliphatic carbocycles. The fourth-order valence-electron chi connectivity index (χ4n) is 3.46. The topological polar surface area (TPSA) is 25.8 Å². The molecule has 0 bridgehead atoms. The predicted molar refractivity (Wildman–Crippen MR) is 121 cm³/mol. The molecule has 0 amide bonds. The number of benzene rings is 4. The van der Waals surface area contributed by atoms with Gasteiger partial charge in [-0.05, 0) is 35.0 Å². The van der Waals surface area contributed by atoms with Gasteiger partial charge in [-0.1, -0.05) is 90.5 Å². The minimum atomic E-state index is 0.689. The van der Waals surface area contributed by atoms with Crippen LogP contribution >= 0.6 is 11.6 Å². The highest BCUT2D eigenvalue weighted by atomic mass is 35.5. The summed E-state index contributed by atoms with van der Waals surface area (Å²) in [5, 5.41) is 3.06. The first-order chi connectivity index (χ1) is 14.3. The van der Waals surface area contributed by atoms with Crippen molar-refractivity contribution >= 4 is 22.4 Å². The molecule has 3 heteroatoms. The second kappa shape index (κ2) is 7.50. The van der Waals surface area contributed by atoms with E-state index < -0.39 is 0 Å². The summed E-state index contributed by atoms with van der Waals surface area (Å²) in [6.45, 7) is 0. The van der Waals surface area contributed by atoms with Crippen LogP contribution in [0.15, 0.2) is 103 Å². The van der Waals surface area contributed by atoms with Crippen molar-refractivity contribution in [3.8, 4) is 33.9 Å². The average molecular weight is 393 g/mol. The maximum atomic E-state index is 6.23. The molecule has 0 radical (unpaired) electrons. The summed E-state index contributed by atoms with van der Waals surface area (Å²) in [5.74, 6) is 0.701. The first-order valence-electron chi connectivity index (χ1n) is 9.46. The van der Waals surface area contributed by atoms with E-state index in [4.69, 9.17) is 21.6 Å². The summed E-state index contributed by atoms with van der Waals surface area (Å²) in [7, 11) is 0. The molecule has 2 nitrogen and oxygen atoms in total. The van der Waals surface area contributed by atoms with Crippen LogP contribution in [0.3, 0.4) is 0 Å². The minimum Gasteiger partial charge on any atom is -0.228 e. The summed E-state index contributed by atoms with van der Waals surface area (Å²) in [4.78, 5) is 9.76. The molecule has 0 spiro atoms. The molecule has 0 fully saturated rings. The van der Waals surface area contributed by atoms with E-state index in [2.05, 4.69) is 42.5 Å². The molecule has 4 aromatic carbocycles. The molecule has 0 saturated heterocycles. The van der Waals surface area contributed by atoms with Gasteiger partial charge in [0.2, 0.25) is 0 Å². The molecule has 1 aromatic heterocycles. The first kappa shape index (κ1) is 17.6. The Morgan fingerprint density at radius 2 is 1.17 bits per heavy atom. The molecule has 138 valence electrons. The Morgan fingerprint density at radius 3 is 1.97 bits per heavy atom. The maximum Gasteiger partial charge on any atom is 0.160 e. The Morgan fingerprint density at radius 1 is 0.483 bits per heavy atom. The van der Waals surface area contributed by atoms with Crippen molar-refractivity contribution in [1.29, 1.82) is 0 Å². The number of rotatable bonds is 3. The molecule has 5 rings (SSSR count). The number of nitrogens with zero attached hydrogens (tertiary/aromatic N) is 2. The highest BCUT2D eigenvalue weighted by Crippen LogP contribution is 2.29. The van der Waals surface area contributed by atoms with Crippen molar-refractivity contribution in [3.05, 3.63) is 108 Å². The molecule has 29 heavy (non-hydrogen) atoms. The summed E-state index contributed by atoms with van der Waals surface area (Å²) >= 11 is 6.23. The van der Waals surface area contributed by atoms with E-state index in [1.807, 2.05) is 60.7 Å². The van der Waals surface area contributed by atoms with Crippen molar-refractivity contribution in [2.24, 2.45) is 0 Å². The number of fused-ring (bicyclic) bond motifs is 1. The zero-order chi connectivity index (χ0) is 19.6. The molecule has 5 aromatic rings. The molecule has 0 aliphatic heterocycles. The molecule has 1 heterocycles. The van der Waals surface area contributed by atoms with Crippen LogP contribution in [0.1, 0.15) is 0 Å². The van der Waals surface area contributed by atoms with Gasteiger partial charge in [0.1, 0.15) is 0 Å². The van der Waals surface area contributed by atoms with Crippen molar-refractivity contribution < 1.29 is 0 Å². The molecule has 0 aliphatic rings. The van der Waals surface area contributed by atoms with Crippen LogP contribution < -0.4 is 0 Å². The Balaban J connectivity index is 1.72. The van der Waals surface area contributed by atoms with Crippen LogP contribution in [0.2, 0.25) is 5.02 Å². The van der Waals surface area contributed by atoms with Crippen molar-refractivity contribution in [2.75, 3.05) is 0 Å². The van der Waals surface area contributed by atoms with Gasteiger partial charge >= 0.3 is 0 Å². The van der Waals surface area contributed by atoms with Crippen molar-refractivity contribution in [2.45, 2.75) is 0 Å². The Bertz CT molecular complexity index is 1310. The average Bonchev–Trinajstić information content (AvgIpc) is 2.79. The highest BCUT2D eigenvalue weighted by molar-refractivity contribution is 6.30. The second-order valence-corrected chi connectivity index (χ2v) is 7.34. The Hall–Kier alpha value is -3.49. The maximum absolute atomic E-state index is 6.23. The van der Waals surface area contributed by atoms with Crippen LogP contribution in [0.4, 0.5) is 0 Å². The molecule has 0 unspecified atom stereocenters. The summed E-state index contributed by atoms with van der Waals surface area (Å²) in [6.07, 6.45) is 0. The quantitative estimate of drug-likeness (QED) is 0.322. The number of hydrogen-bond donors (Lipinski definition) is 0. The third-order valence-electron chi connectivity index (χ3n) is 4.92. The lowest BCUT2D eigenvalue weighted by Crippen LogP contribution is -1.96. The van der Waals surface area contributed by atoms with Gasteiger partial charge in [-0.25, -0.2) is 9.97 Å². The number of aromatic nitrogens is 2. The van der Waals surface area contributed by atoms with Gasteiger partial charge in [-0.3, -0.25) is 0 Å². The van der Waals surface area contributed by atoms with Crippen LogP contribution in [0, 0.1) is 0 Å². The zero-order valence-electron chi connectivity index (χ0n) is 15.6. The third kappa shape index (κ3) is 3.63. The lowest BCUT2D eigenvalue weighted by atomic mass is 10.0. The number of halogens is 1. The second-order valence-electron chi connectivity index (χ2n) is 6.90. The van der Waals surface area contributed by atoms with Gasteiger partial charge in [0.05, 0.1) is 11.4 Å². The predicted octanol–water partition coefficient (Wildman–Crippen LogP) is 7.28. The van der Waals surface area contributed by atoms with E-state index in [1.165, 1.54) is 10.8 Å².